The third kappa shape index (κ3) is 4.89. The second-order valence-corrected chi connectivity index (χ2v) is 10.1. The molecule has 0 bridgehead atoms. The molecule has 4 heterocycles. The van der Waals surface area contributed by atoms with Gasteiger partial charge in [0.1, 0.15) is 22.9 Å². The van der Waals surface area contributed by atoms with Crippen molar-refractivity contribution in [1.29, 1.82) is 0 Å². The number of aromatic nitrogens is 5. The number of hydrogen-bond donors (Lipinski definition) is 3. The fourth-order valence-corrected chi connectivity index (χ4v) is 4.89. The molecule has 6 aromatic rings. The van der Waals surface area contributed by atoms with Crippen LogP contribution in [0, 0.1) is 11.7 Å². The molecular weight excluding hydrogens is 507 g/mol. The van der Waals surface area contributed by atoms with Crippen molar-refractivity contribution in [3.63, 3.8) is 0 Å². The van der Waals surface area contributed by atoms with E-state index in [1.54, 1.807) is 24.7 Å². The molecule has 0 aliphatic heterocycles. The summed E-state index contributed by atoms with van der Waals surface area (Å²) < 4.78 is 19.5. The summed E-state index contributed by atoms with van der Waals surface area (Å²) in [5.74, 6) is 0.300. The fourth-order valence-electron chi connectivity index (χ4n) is 4.89. The first kappa shape index (κ1) is 25.2. The van der Waals surface area contributed by atoms with Crippen LogP contribution in [0.1, 0.15) is 20.3 Å². The van der Waals surface area contributed by atoms with Crippen LogP contribution in [0.25, 0.3) is 55.6 Å². The van der Waals surface area contributed by atoms with Crippen molar-refractivity contribution < 1.29 is 13.9 Å². The number of fused-ring (bicyclic) bond motifs is 2. The molecule has 0 saturated heterocycles. The lowest BCUT2D eigenvalue weighted by atomic mass is 10.0. The van der Waals surface area contributed by atoms with Crippen molar-refractivity contribution >= 4 is 33.5 Å². The molecule has 4 aromatic heterocycles. The number of amides is 1. The highest BCUT2D eigenvalue weighted by Gasteiger charge is 2.16. The molecule has 0 radical (unpaired) electrons. The molecule has 2 aromatic carbocycles. The summed E-state index contributed by atoms with van der Waals surface area (Å²) in [6, 6.07) is 16.4. The maximum atomic E-state index is 14.3. The maximum absolute atomic E-state index is 14.3. The van der Waals surface area contributed by atoms with E-state index in [1.165, 1.54) is 19.2 Å². The lowest BCUT2D eigenvalue weighted by molar-refractivity contribution is -0.116. The van der Waals surface area contributed by atoms with Crippen LogP contribution >= 0.6 is 0 Å². The fraction of sp³-hybridized carbons (Fsp3) is 0.161. The van der Waals surface area contributed by atoms with Gasteiger partial charge < -0.3 is 15.0 Å². The molecule has 0 unspecified atom stereocenters. The van der Waals surface area contributed by atoms with E-state index in [2.05, 4.69) is 30.5 Å². The van der Waals surface area contributed by atoms with Gasteiger partial charge in [0.2, 0.25) is 5.91 Å². The predicted octanol–water partition coefficient (Wildman–Crippen LogP) is 6.97. The molecule has 40 heavy (non-hydrogen) atoms. The topological polar surface area (TPSA) is 109 Å². The second kappa shape index (κ2) is 10.3. The third-order valence-electron chi connectivity index (χ3n) is 6.72. The Morgan fingerprint density at radius 3 is 2.70 bits per heavy atom. The maximum Gasteiger partial charge on any atom is 0.224 e. The Morgan fingerprint density at radius 2 is 1.88 bits per heavy atom. The first-order chi connectivity index (χ1) is 19.4. The van der Waals surface area contributed by atoms with E-state index >= 15 is 0 Å². The molecule has 1 amide bonds. The van der Waals surface area contributed by atoms with E-state index < -0.39 is 0 Å². The van der Waals surface area contributed by atoms with E-state index in [0.717, 1.165) is 44.4 Å². The number of halogens is 1. The Bertz CT molecular complexity index is 1870. The molecule has 0 aliphatic rings. The number of hydrogen-bond acceptors (Lipinski definition) is 5. The molecule has 200 valence electrons. The Kier molecular flexibility index (Phi) is 6.47. The number of rotatable bonds is 7. The van der Waals surface area contributed by atoms with E-state index in [9.17, 15) is 9.18 Å². The molecular formula is C31H27FN6O2. The summed E-state index contributed by atoms with van der Waals surface area (Å²) in [6.07, 6.45) is 5.55. The molecule has 9 heteroatoms. The highest BCUT2D eigenvalue weighted by molar-refractivity contribution is 6.01. The van der Waals surface area contributed by atoms with Gasteiger partial charge in [-0.1, -0.05) is 19.9 Å². The van der Waals surface area contributed by atoms with E-state index in [4.69, 9.17) is 4.74 Å². The van der Waals surface area contributed by atoms with Crippen LogP contribution in [0.15, 0.2) is 73.2 Å². The average molecular weight is 535 g/mol. The van der Waals surface area contributed by atoms with Crippen LogP contribution in [0.4, 0.5) is 10.1 Å². The van der Waals surface area contributed by atoms with Gasteiger partial charge in [0, 0.05) is 41.2 Å². The number of nitrogens with one attached hydrogen (secondary N) is 3. The first-order valence-corrected chi connectivity index (χ1v) is 12.9. The van der Waals surface area contributed by atoms with Gasteiger partial charge in [-0.15, -0.1) is 0 Å². The van der Waals surface area contributed by atoms with Crippen molar-refractivity contribution in [3.05, 3.63) is 79.0 Å². The van der Waals surface area contributed by atoms with Crippen molar-refractivity contribution in [2.24, 2.45) is 5.92 Å². The van der Waals surface area contributed by atoms with E-state index in [-0.39, 0.29) is 17.6 Å². The van der Waals surface area contributed by atoms with Gasteiger partial charge >= 0.3 is 0 Å². The summed E-state index contributed by atoms with van der Waals surface area (Å²) in [7, 11) is 1.52. The normalized spacial score (nSPS) is 11.4. The molecule has 3 N–H and O–H groups in total. The van der Waals surface area contributed by atoms with Crippen LogP contribution in [0.5, 0.6) is 5.75 Å². The minimum absolute atomic E-state index is 0.0370. The number of anilines is 1. The van der Waals surface area contributed by atoms with E-state index in [0.29, 0.717) is 29.1 Å². The van der Waals surface area contributed by atoms with Crippen molar-refractivity contribution in [2.45, 2.75) is 20.3 Å². The summed E-state index contributed by atoms with van der Waals surface area (Å²) in [5, 5.41) is 12.4. The first-order valence-electron chi connectivity index (χ1n) is 12.9. The molecule has 0 aliphatic carbocycles. The number of H-pyrrole nitrogens is 2. The zero-order chi connectivity index (χ0) is 27.8. The van der Waals surface area contributed by atoms with E-state index in [1.807, 2.05) is 50.2 Å². The van der Waals surface area contributed by atoms with Crippen LogP contribution in [-0.4, -0.2) is 38.2 Å². The summed E-state index contributed by atoms with van der Waals surface area (Å²) in [6.45, 7) is 4.02. The Balaban J connectivity index is 1.38. The minimum atomic E-state index is -0.376. The van der Waals surface area contributed by atoms with Gasteiger partial charge in [-0.25, -0.2) is 9.37 Å². The number of carbonyl (C=O) groups is 1. The van der Waals surface area contributed by atoms with Gasteiger partial charge in [0.05, 0.1) is 30.2 Å². The SMILES string of the molecule is COc1cc(F)cc(-c2ccnc3[nH]c(-c4n[nH]c5ccc(-c6cncc(NC(=O)CC(C)C)c6)cc45)cc23)c1. The van der Waals surface area contributed by atoms with Gasteiger partial charge in [-0.05, 0) is 65.1 Å². The largest absolute Gasteiger partial charge is 0.497 e. The average Bonchev–Trinajstić information content (AvgIpc) is 3.56. The van der Waals surface area contributed by atoms with Crippen molar-refractivity contribution in [2.75, 3.05) is 12.4 Å². The summed E-state index contributed by atoms with van der Waals surface area (Å²) in [4.78, 5) is 24.5. The van der Waals surface area contributed by atoms with Crippen molar-refractivity contribution in [3.8, 4) is 39.4 Å². The molecule has 0 spiro atoms. The highest BCUT2D eigenvalue weighted by Crippen LogP contribution is 2.36. The lowest BCUT2D eigenvalue weighted by Crippen LogP contribution is -2.13. The number of ether oxygens (including phenoxy) is 1. The monoisotopic (exact) mass is 534 g/mol. The van der Waals surface area contributed by atoms with Crippen LogP contribution in [0.3, 0.4) is 0 Å². The Hall–Kier alpha value is -5.05. The van der Waals surface area contributed by atoms with Gasteiger partial charge in [-0.3, -0.25) is 14.9 Å². The number of aromatic amines is 2. The molecule has 0 fully saturated rings. The minimum Gasteiger partial charge on any atom is -0.497 e. The smallest absolute Gasteiger partial charge is 0.224 e. The predicted molar refractivity (Wildman–Crippen MR) is 154 cm³/mol. The van der Waals surface area contributed by atoms with Gasteiger partial charge in [0.15, 0.2) is 0 Å². The van der Waals surface area contributed by atoms with Crippen LogP contribution in [0.2, 0.25) is 0 Å². The second-order valence-electron chi connectivity index (χ2n) is 10.1. The summed E-state index contributed by atoms with van der Waals surface area (Å²) >= 11 is 0. The number of carbonyl (C=O) groups excluding carboxylic acids is 1. The van der Waals surface area contributed by atoms with Crippen LogP contribution < -0.4 is 10.1 Å². The van der Waals surface area contributed by atoms with Crippen molar-refractivity contribution in [1.82, 2.24) is 25.1 Å². The van der Waals surface area contributed by atoms with Gasteiger partial charge in [0.25, 0.3) is 0 Å². The lowest BCUT2D eigenvalue weighted by Gasteiger charge is -2.09. The zero-order valence-corrected chi connectivity index (χ0v) is 22.2. The molecule has 6 rings (SSSR count). The number of methoxy groups -OCH3 is 1. The Labute approximate surface area is 229 Å². The van der Waals surface area contributed by atoms with Crippen LogP contribution in [-0.2, 0) is 4.79 Å². The quantitative estimate of drug-likeness (QED) is 0.205. The van der Waals surface area contributed by atoms with Gasteiger partial charge in [-0.2, -0.15) is 5.10 Å². The number of benzene rings is 2. The standard InChI is InChI=1S/C31H27FN6O2/c1-17(2)8-29(39)35-22-10-20(15-33-16-22)18-4-5-27-26(12-18)30(38-37-27)28-14-25-24(6-7-34-31(25)36-28)19-9-21(32)13-23(11-19)40-3/h4-7,9-17H,8H2,1-3H3,(H,34,36)(H,35,39)(H,37,38). The Morgan fingerprint density at radius 1 is 1.00 bits per heavy atom. The number of nitrogens with zero attached hydrogens (tertiary/aromatic N) is 3. The molecule has 0 saturated carbocycles. The number of pyridine rings is 2. The highest BCUT2D eigenvalue weighted by atomic mass is 19.1. The summed E-state index contributed by atoms with van der Waals surface area (Å²) in [5.41, 5.74) is 7.01. The molecule has 0 atom stereocenters. The zero-order valence-electron chi connectivity index (χ0n) is 22.2. The third-order valence-corrected chi connectivity index (χ3v) is 6.72. The molecule has 8 nitrogen and oxygen atoms in total.